The zero-order valence-corrected chi connectivity index (χ0v) is 18.8. The summed E-state index contributed by atoms with van der Waals surface area (Å²) in [4.78, 5) is 34.2. The van der Waals surface area contributed by atoms with E-state index in [9.17, 15) is 9.59 Å². The first-order chi connectivity index (χ1) is 16.1. The Kier molecular flexibility index (Phi) is 7.30. The fraction of sp³-hybridized carbons (Fsp3) is 0.250. The van der Waals surface area contributed by atoms with Gasteiger partial charge in [0.15, 0.2) is 0 Å². The van der Waals surface area contributed by atoms with Gasteiger partial charge in [-0.3, -0.25) is 14.6 Å². The molecule has 0 spiro atoms. The number of amides is 2. The molecule has 0 radical (unpaired) electrons. The Morgan fingerprint density at radius 1 is 0.970 bits per heavy atom. The van der Waals surface area contributed by atoms with Gasteiger partial charge < -0.3 is 9.80 Å². The first kappa shape index (κ1) is 22.5. The van der Waals surface area contributed by atoms with E-state index in [1.54, 1.807) is 12.3 Å². The molecule has 1 atom stereocenters. The minimum atomic E-state index is -0.281. The van der Waals surface area contributed by atoms with Crippen LogP contribution in [0.4, 0.5) is 0 Å². The Bertz CT molecular complexity index is 1080. The number of benzene rings is 2. The molecule has 1 aliphatic heterocycles. The van der Waals surface area contributed by atoms with Crippen LogP contribution in [0.1, 0.15) is 11.1 Å². The zero-order valence-electron chi connectivity index (χ0n) is 18.8. The maximum absolute atomic E-state index is 13.3. The van der Waals surface area contributed by atoms with Crippen LogP contribution in [0.15, 0.2) is 91.8 Å². The highest BCUT2D eigenvalue weighted by atomic mass is 16.2. The summed E-state index contributed by atoms with van der Waals surface area (Å²) in [5.41, 5.74) is 4.22. The monoisotopic (exact) mass is 439 g/mol. The molecule has 0 aliphatic carbocycles. The van der Waals surface area contributed by atoms with E-state index in [-0.39, 0.29) is 17.7 Å². The van der Waals surface area contributed by atoms with Crippen molar-refractivity contribution in [3.8, 4) is 11.1 Å². The smallest absolute Gasteiger partial charge is 0.228 e. The molecule has 2 amide bonds. The number of hydrogen-bond acceptors (Lipinski definition) is 3. The van der Waals surface area contributed by atoms with E-state index in [1.165, 1.54) is 0 Å². The minimum absolute atomic E-state index is 0.0615. The van der Waals surface area contributed by atoms with Crippen LogP contribution < -0.4 is 0 Å². The van der Waals surface area contributed by atoms with Crippen LogP contribution in [0.25, 0.3) is 11.1 Å². The summed E-state index contributed by atoms with van der Waals surface area (Å²) in [6.45, 7) is 5.80. The molecule has 4 rings (SSSR count). The van der Waals surface area contributed by atoms with Gasteiger partial charge in [0.25, 0.3) is 0 Å². The molecule has 0 saturated carbocycles. The Labute approximate surface area is 195 Å². The van der Waals surface area contributed by atoms with Gasteiger partial charge >= 0.3 is 0 Å². The van der Waals surface area contributed by atoms with Crippen molar-refractivity contribution in [2.45, 2.75) is 12.8 Å². The topological polar surface area (TPSA) is 53.5 Å². The summed E-state index contributed by atoms with van der Waals surface area (Å²) in [6.07, 6.45) is 6.29. The predicted molar refractivity (Wildman–Crippen MR) is 130 cm³/mol. The third-order valence-electron chi connectivity index (χ3n) is 6.07. The van der Waals surface area contributed by atoms with E-state index < -0.39 is 0 Å². The molecule has 0 unspecified atom stereocenters. The third-order valence-corrected chi connectivity index (χ3v) is 6.07. The number of nitrogens with zero attached hydrogens (tertiary/aromatic N) is 3. The number of hydrogen-bond donors (Lipinski definition) is 0. The van der Waals surface area contributed by atoms with Crippen molar-refractivity contribution in [1.82, 2.24) is 14.8 Å². The lowest BCUT2D eigenvalue weighted by Crippen LogP contribution is -2.38. The van der Waals surface area contributed by atoms with Crippen LogP contribution in [0.2, 0.25) is 0 Å². The van der Waals surface area contributed by atoms with Gasteiger partial charge in [-0.2, -0.15) is 0 Å². The number of carbonyl (C=O) groups excluding carboxylic acids is 2. The quantitative estimate of drug-likeness (QED) is 0.523. The van der Waals surface area contributed by atoms with Crippen LogP contribution in [0.3, 0.4) is 0 Å². The van der Waals surface area contributed by atoms with Crippen LogP contribution in [-0.4, -0.2) is 52.8 Å². The second-order valence-electron chi connectivity index (χ2n) is 8.41. The van der Waals surface area contributed by atoms with E-state index in [2.05, 4.69) is 35.8 Å². The highest BCUT2D eigenvalue weighted by Gasteiger charge is 2.31. The predicted octanol–water partition coefficient (Wildman–Crippen LogP) is 4.01. The van der Waals surface area contributed by atoms with E-state index >= 15 is 0 Å². The van der Waals surface area contributed by atoms with Gasteiger partial charge in [0, 0.05) is 38.6 Å². The molecular formula is C28H29N3O2. The van der Waals surface area contributed by atoms with Gasteiger partial charge in [-0.05, 0) is 34.7 Å². The van der Waals surface area contributed by atoms with Gasteiger partial charge in [-0.25, -0.2) is 0 Å². The maximum Gasteiger partial charge on any atom is 0.228 e. The fourth-order valence-corrected chi connectivity index (χ4v) is 4.29. The van der Waals surface area contributed by atoms with Crippen molar-refractivity contribution in [2.24, 2.45) is 5.92 Å². The van der Waals surface area contributed by atoms with E-state index in [4.69, 9.17) is 0 Å². The van der Waals surface area contributed by atoms with Gasteiger partial charge in [0.1, 0.15) is 0 Å². The summed E-state index contributed by atoms with van der Waals surface area (Å²) in [7, 11) is 0. The maximum atomic E-state index is 13.3. The Morgan fingerprint density at radius 2 is 1.76 bits per heavy atom. The largest absolute Gasteiger partial charge is 0.340 e. The Hall–Kier alpha value is -3.73. The molecule has 1 saturated heterocycles. The lowest BCUT2D eigenvalue weighted by molar-refractivity contribution is -0.134. The molecule has 0 N–H and O–H groups in total. The lowest BCUT2D eigenvalue weighted by Gasteiger charge is -2.24. The summed E-state index contributed by atoms with van der Waals surface area (Å²) in [6, 6.07) is 22.0. The van der Waals surface area contributed by atoms with Crippen molar-refractivity contribution < 1.29 is 9.59 Å². The van der Waals surface area contributed by atoms with Gasteiger partial charge in [-0.15, -0.1) is 6.58 Å². The molecule has 2 heterocycles. The van der Waals surface area contributed by atoms with Gasteiger partial charge in [0.2, 0.25) is 11.8 Å². The van der Waals surface area contributed by atoms with Crippen molar-refractivity contribution in [1.29, 1.82) is 0 Å². The molecular weight excluding hydrogens is 410 g/mol. The molecule has 1 aliphatic rings. The number of aromatic nitrogens is 1. The molecule has 168 valence electrons. The molecule has 1 aromatic heterocycles. The first-order valence-electron chi connectivity index (χ1n) is 11.3. The number of pyridine rings is 1. The molecule has 5 nitrogen and oxygen atoms in total. The van der Waals surface area contributed by atoms with Gasteiger partial charge in [0.05, 0.1) is 12.3 Å². The first-order valence-corrected chi connectivity index (χ1v) is 11.3. The summed E-state index contributed by atoms with van der Waals surface area (Å²) < 4.78 is 0. The average Bonchev–Trinajstić information content (AvgIpc) is 3.00. The highest BCUT2D eigenvalue weighted by Crippen LogP contribution is 2.22. The molecule has 3 aromatic rings. The van der Waals surface area contributed by atoms with Gasteiger partial charge in [-0.1, -0.05) is 66.7 Å². The second kappa shape index (κ2) is 10.7. The van der Waals surface area contributed by atoms with Crippen LogP contribution in [0, 0.1) is 5.92 Å². The summed E-state index contributed by atoms with van der Waals surface area (Å²) >= 11 is 0. The molecule has 33 heavy (non-hydrogen) atoms. The van der Waals surface area contributed by atoms with Crippen molar-refractivity contribution >= 4 is 11.8 Å². The zero-order chi connectivity index (χ0) is 23.0. The lowest BCUT2D eigenvalue weighted by atomic mass is 9.95. The second-order valence-corrected chi connectivity index (χ2v) is 8.41. The van der Waals surface area contributed by atoms with Crippen molar-refractivity contribution in [3.63, 3.8) is 0 Å². The van der Waals surface area contributed by atoms with Crippen LogP contribution in [0.5, 0.6) is 0 Å². The van der Waals surface area contributed by atoms with Crippen LogP contribution >= 0.6 is 0 Å². The number of carbonyl (C=O) groups is 2. The standard InChI is InChI=1S/C28H29N3O2/c1-2-15-30-16-17-31(27(32)19-22-7-4-3-5-8-22)21-26(28(30)33)18-23-10-12-24(13-11-23)25-9-6-14-29-20-25/h2-14,20,26H,1,15-19,21H2/t26-/m1/s1. The Balaban J connectivity index is 1.50. The van der Waals surface area contributed by atoms with E-state index in [0.717, 1.165) is 22.3 Å². The van der Waals surface area contributed by atoms with Crippen molar-refractivity contribution in [3.05, 3.63) is 103 Å². The third kappa shape index (κ3) is 5.75. The fourth-order valence-electron chi connectivity index (χ4n) is 4.29. The highest BCUT2D eigenvalue weighted by molar-refractivity contribution is 5.83. The number of rotatable bonds is 7. The van der Waals surface area contributed by atoms with Crippen molar-refractivity contribution in [2.75, 3.05) is 26.2 Å². The minimum Gasteiger partial charge on any atom is -0.340 e. The molecule has 2 aromatic carbocycles. The normalized spacial score (nSPS) is 16.4. The van der Waals surface area contributed by atoms with Crippen LogP contribution in [-0.2, 0) is 22.4 Å². The molecule has 0 bridgehead atoms. The van der Waals surface area contributed by atoms with E-state index in [1.807, 2.05) is 58.5 Å². The molecule has 5 heteroatoms. The molecule has 1 fully saturated rings. The van der Waals surface area contributed by atoms with E-state index in [0.29, 0.717) is 39.0 Å². The summed E-state index contributed by atoms with van der Waals surface area (Å²) in [5.74, 6) is -0.135. The average molecular weight is 440 g/mol. The Morgan fingerprint density at radius 3 is 2.45 bits per heavy atom. The summed E-state index contributed by atoms with van der Waals surface area (Å²) in [5, 5.41) is 0. The SMILES string of the molecule is C=CCN1CCN(C(=O)Cc2ccccc2)C[C@@H](Cc2ccc(-c3cccnc3)cc2)C1=O.